The highest BCUT2D eigenvalue weighted by atomic mass is 32.2. The number of pyridine rings is 1. The molecule has 1 aromatic heterocycles. The van der Waals surface area contributed by atoms with E-state index in [0.717, 1.165) is 0 Å². The summed E-state index contributed by atoms with van der Waals surface area (Å²) >= 11 is 0. The van der Waals surface area contributed by atoms with Crippen molar-refractivity contribution in [3.63, 3.8) is 0 Å². The van der Waals surface area contributed by atoms with E-state index in [4.69, 9.17) is 20.4 Å². The van der Waals surface area contributed by atoms with Gasteiger partial charge in [0.15, 0.2) is 0 Å². The molecule has 0 aliphatic carbocycles. The molecule has 0 saturated carbocycles. The van der Waals surface area contributed by atoms with Crippen LogP contribution in [-0.4, -0.2) is 59.6 Å². The molecule has 0 radical (unpaired) electrons. The van der Waals surface area contributed by atoms with Crippen LogP contribution in [-0.2, 0) is 14.9 Å². The van der Waals surface area contributed by atoms with Gasteiger partial charge in [0.2, 0.25) is 0 Å². The van der Waals surface area contributed by atoms with E-state index in [1.54, 1.807) is 43.3 Å². The van der Waals surface area contributed by atoms with Gasteiger partial charge in [0, 0.05) is 22.5 Å². The van der Waals surface area contributed by atoms with E-state index in [0.29, 0.717) is 28.8 Å². The average Bonchev–Trinajstić information content (AvgIpc) is 2.85. The lowest BCUT2D eigenvalue weighted by Crippen LogP contribution is -2.19. The number of nitrogens with one attached hydrogen (secondary N) is 2. The number of carbonyl (C=O) groups is 3. The van der Waals surface area contributed by atoms with Gasteiger partial charge in [-0.25, -0.2) is 14.6 Å². The number of nitrogen functional groups attached to an aromatic ring is 1. The number of nitrogens with two attached hydrogens (primary N) is 1. The molecule has 1 heterocycles. The quantitative estimate of drug-likeness (QED) is 0.117. The van der Waals surface area contributed by atoms with E-state index in [1.807, 2.05) is 20.8 Å². The summed E-state index contributed by atoms with van der Waals surface area (Å²) in [4.78, 5) is 42.1. The number of rotatable bonds is 7. The lowest BCUT2D eigenvalue weighted by molar-refractivity contribution is 0.0367. The summed E-state index contributed by atoms with van der Waals surface area (Å²) in [5.74, 6) is -2.54. The lowest BCUT2D eigenvalue weighted by atomic mass is 9.95. The van der Waals surface area contributed by atoms with Gasteiger partial charge >= 0.3 is 11.9 Å². The Balaban J connectivity index is 0.00000108. The number of carbonyl (C=O) groups excluding carboxylic acids is 2. The lowest BCUT2D eigenvalue weighted by Gasteiger charge is -2.18. The maximum atomic E-state index is 13.2. The van der Waals surface area contributed by atoms with Crippen molar-refractivity contribution in [2.45, 2.75) is 27.7 Å². The van der Waals surface area contributed by atoms with E-state index in [2.05, 4.69) is 10.3 Å². The predicted molar refractivity (Wildman–Crippen MR) is 154 cm³/mol. The first-order chi connectivity index (χ1) is 18.9. The molecule has 3 rings (SSSR count). The van der Waals surface area contributed by atoms with Crippen molar-refractivity contribution in [2.75, 3.05) is 18.2 Å². The number of ether oxygens (including phenoxy) is 1. The molecule has 0 aliphatic rings. The van der Waals surface area contributed by atoms with Gasteiger partial charge in [0.25, 0.3) is 16.0 Å². The highest BCUT2D eigenvalue weighted by Crippen LogP contribution is 2.29. The maximum Gasteiger partial charge on any atom is 0.338 e. The molecule has 12 nitrogen and oxygen atoms in total. The summed E-state index contributed by atoms with van der Waals surface area (Å²) in [5, 5.41) is 20.1. The predicted octanol–water partition coefficient (Wildman–Crippen LogP) is 4.00. The van der Waals surface area contributed by atoms with Crippen molar-refractivity contribution < 1.29 is 37.2 Å². The van der Waals surface area contributed by atoms with Gasteiger partial charge in [-0.05, 0) is 60.4 Å². The van der Waals surface area contributed by atoms with Crippen LogP contribution >= 0.6 is 0 Å². The Labute approximate surface area is 237 Å². The number of nitrogens with zero attached hydrogens (tertiary/aromatic N) is 1. The van der Waals surface area contributed by atoms with Gasteiger partial charge in [-0.2, -0.15) is 8.42 Å². The Morgan fingerprint density at radius 1 is 1.00 bits per heavy atom. The Kier molecular flexibility index (Phi) is 10.5. The van der Waals surface area contributed by atoms with Crippen LogP contribution in [0, 0.1) is 17.7 Å². The minimum absolute atomic E-state index is 0.0243. The number of esters is 1. The Hall–Kier alpha value is -4.62. The molecule has 6 N–H and O–H groups in total. The Morgan fingerprint density at radius 2 is 1.54 bits per heavy atom. The topological polar surface area (TPSA) is 210 Å². The number of hydrogen-bond acceptors (Lipinski definition) is 8. The van der Waals surface area contributed by atoms with Gasteiger partial charge in [-0.1, -0.05) is 32.9 Å². The van der Waals surface area contributed by atoms with Crippen molar-refractivity contribution in [1.82, 2.24) is 4.98 Å². The Morgan fingerprint density at radius 3 is 2.05 bits per heavy atom. The van der Waals surface area contributed by atoms with Crippen LogP contribution in [0.25, 0.3) is 11.1 Å². The SMILES string of the molecule is CS(=O)(=O)O.Cc1ccc(-c2ccc(C(=O)OCC(C)(C)C)cc2C(=O)O)c(C(=O)Nc2ccc(C(=N)N)cc2)n1. The number of aryl methyl sites for hydroxylation is 1. The normalized spacial score (nSPS) is 11.1. The monoisotopic (exact) mass is 584 g/mol. The zero-order valence-electron chi connectivity index (χ0n) is 23.2. The number of hydrogen-bond donors (Lipinski definition) is 5. The second kappa shape index (κ2) is 13.2. The van der Waals surface area contributed by atoms with Crippen molar-refractivity contribution in [3.05, 3.63) is 82.7 Å². The minimum Gasteiger partial charge on any atom is -0.478 e. The summed E-state index contributed by atoms with van der Waals surface area (Å²) in [7, 11) is -3.67. The number of anilines is 1. The molecule has 0 fully saturated rings. The van der Waals surface area contributed by atoms with Crippen LogP contribution in [0.3, 0.4) is 0 Å². The molecule has 41 heavy (non-hydrogen) atoms. The molecule has 0 bridgehead atoms. The third-order valence-electron chi connectivity index (χ3n) is 5.12. The number of benzene rings is 2. The van der Waals surface area contributed by atoms with Crippen LogP contribution in [0.5, 0.6) is 0 Å². The molecular weight excluding hydrogens is 552 g/mol. The first-order valence-electron chi connectivity index (χ1n) is 12.1. The van der Waals surface area contributed by atoms with E-state index in [1.165, 1.54) is 18.2 Å². The number of aromatic nitrogens is 1. The zero-order valence-corrected chi connectivity index (χ0v) is 24.0. The van der Waals surface area contributed by atoms with E-state index in [9.17, 15) is 27.9 Å². The molecule has 0 atom stereocenters. The third kappa shape index (κ3) is 10.5. The fourth-order valence-electron chi connectivity index (χ4n) is 3.32. The second-order valence-corrected chi connectivity index (χ2v) is 11.7. The van der Waals surface area contributed by atoms with Crippen LogP contribution in [0.1, 0.15) is 63.2 Å². The van der Waals surface area contributed by atoms with Crippen LogP contribution < -0.4 is 11.1 Å². The molecule has 0 spiro atoms. The first kappa shape index (κ1) is 32.6. The van der Waals surface area contributed by atoms with E-state index >= 15 is 0 Å². The summed E-state index contributed by atoms with van der Waals surface area (Å²) in [6.45, 7) is 7.65. The average molecular weight is 585 g/mol. The van der Waals surface area contributed by atoms with Crippen molar-refractivity contribution >= 4 is 39.5 Å². The molecule has 0 saturated heterocycles. The van der Waals surface area contributed by atoms with Gasteiger partial charge in [0.1, 0.15) is 11.5 Å². The molecule has 0 unspecified atom stereocenters. The number of amidine groups is 1. The van der Waals surface area contributed by atoms with Crippen molar-refractivity contribution in [2.24, 2.45) is 11.1 Å². The Bertz CT molecular complexity index is 1570. The fraction of sp³-hybridized carbons (Fsp3) is 0.250. The molecule has 218 valence electrons. The number of amides is 1. The standard InChI is InChI=1S/C27H28N4O5.CH4O3S/c1-15-5-11-20(22(30-15)24(32)31-18-9-6-16(7-10-18)23(28)29)19-12-8-17(13-21(19)25(33)34)26(35)36-14-27(2,3)4;1-5(2,3)4/h5-13H,14H2,1-4H3,(H3,28,29)(H,31,32)(H,33,34);1H3,(H,2,3,4). The fourth-order valence-corrected chi connectivity index (χ4v) is 3.32. The third-order valence-corrected chi connectivity index (χ3v) is 5.12. The molecule has 3 aromatic rings. The van der Waals surface area contributed by atoms with Crippen molar-refractivity contribution in [1.29, 1.82) is 5.41 Å². The van der Waals surface area contributed by atoms with Crippen LogP contribution in [0.15, 0.2) is 54.6 Å². The van der Waals surface area contributed by atoms with E-state index in [-0.39, 0.29) is 40.2 Å². The van der Waals surface area contributed by atoms with Gasteiger partial charge in [-0.15, -0.1) is 0 Å². The zero-order chi connectivity index (χ0) is 31.1. The molecule has 0 aliphatic heterocycles. The van der Waals surface area contributed by atoms with Gasteiger partial charge in [-0.3, -0.25) is 14.8 Å². The molecule has 1 amide bonds. The number of aromatic carboxylic acids is 1. The van der Waals surface area contributed by atoms with Crippen molar-refractivity contribution in [3.8, 4) is 11.1 Å². The summed E-state index contributed by atoms with van der Waals surface area (Å²) < 4.78 is 31.2. The molecule has 13 heteroatoms. The smallest absolute Gasteiger partial charge is 0.338 e. The van der Waals surface area contributed by atoms with Crippen LogP contribution in [0.2, 0.25) is 0 Å². The molecular formula is C28H32N4O8S. The van der Waals surface area contributed by atoms with Gasteiger partial charge in [0.05, 0.1) is 24.0 Å². The number of carboxylic acid groups (broad SMARTS) is 1. The van der Waals surface area contributed by atoms with Gasteiger partial charge < -0.3 is 20.9 Å². The molecule has 2 aromatic carbocycles. The minimum atomic E-state index is -3.67. The largest absolute Gasteiger partial charge is 0.478 e. The highest BCUT2D eigenvalue weighted by molar-refractivity contribution is 7.85. The first-order valence-corrected chi connectivity index (χ1v) is 13.9. The summed E-state index contributed by atoms with van der Waals surface area (Å²) in [6, 6.07) is 13.9. The summed E-state index contributed by atoms with van der Waals surface area (Å²) in [5.41, 5.74) is 7.24. The maximum absolute atomic E-state index is 13.2. The van der Waals surface area contributed by atoms with E-state index < -0.39 is 28.0 Å². The second-order valence-electron chi connectivity index (χ2n) is 10.2. The highest BCUT2D eigenvalue weighted by Gasteiger charge is 2.23. The summed E-state index contributed by atoms with van der Waals surface area (Å²) in [6.07, 6.45) is 0.715. The number of carboxylic acids is 1. The van der Waals surface area contributed by atoms with Crippen LogP contribution in [0.4, 0.5) is 5.69 Å².